The second kappa shape index (κ2) is 11.3. The molecule has 2 amide bonds. The van der Waals surface area contributed by atoms with Crippen molar-refractivity contribution in [2.24, 2.45) is 0 Å². The van der Waals surface area contributed by atoms with Gasteiger partial charge in [0.1, 0.15) is 6.04 Å². The number of benzene rings is 2. The van der Waals surface area contributed by atoms with Gasteiger partial charge in [0.2, 0.25) is 5.91 Å². The molecule has 7 nitrogen and oxygen atoms in total. The van der Waals surface area contributed by atoms with Crippen LogP contribution in [-0.4, -0.2) is 30.1 Å². The SMILES string of the molecule is CCc1nc(C(Cc2ccc(N)cc2)NC(=O)[C@H](Cc2ccccc2)NC(=O)OC)cs1. The summed E-state index contributed by atoms with van der Waals surface area (Å²) in [5, 5.41) is 8.72. The molecule has 2 aromatic carbocycles. The highest BCUT2D eigenvalue weighted by Crippen LogP contribution is 2.22. The number of aromatic nitrogens is 1. The Balaban J connectivity index is 1.82. The zero-order valence-electron chi connectivity index (χ0n) is 18.2. The zero-order valence-corrected chi connectivity index (χ0v) is 19.0. The van der Waals surface area contributed by atoms with Gasteiger partial charge in [-0.25, -0.2) is 9.78 Å². The highest BCUT2D eigenvalue weighted by molar-refractivity contribution is 7.09. The molecule has 3 rings (SSSR count). The first-order valence-corrected chi connectivity index (χ1v) is 11.3. The Morgan fingerprint density at radius 1 is 1.03 bits per heavy atom. The Bertz CT molecular complexity index is 1020. The third-order valence-corrected chi connectivity index (χ3v) is 6.05. The molecule has 0 radical (unpaired) electrons. The summed E-state index contributed by atoms with van der Waals surface area (Å²) in [5.41, 5.74) is 9.25. The number of nitrogens with zero attached hydrogens (tertiary/aromatic N) is 1. The van der Waals surface area contributed by atoms with Crippen molar-refractivity contribution < 1.29 is 14.3 Å². The number of aryl methyl sites for hydroxylation is 1. The number of carbonyl (C=O) groups is 2. The first-order valence-electron chi connectivity index (χ1n) is 10.5. The number of nitrogen functional groups attached to an aromatic ring is 1. The van der Waals surface area contributed by atoms with E-state index in [0.29, 0.717) is 18.5 Å². The van der Waals surface area contributed by atoms with Gasteiger partial charge in [-0.1, -0.05) is 49.4 Å². The molecule has 32 heavy (non-hydrogen) atoms. The van der Waals surface area contributed by atoms with Gasteiger partial charge in [-0.3, -0.25) is 4.79 Å². The fourth-order valence-electron chi connectivity index (χ4n) is 3.30. The molecule has 3 aromatic rings. The normalized spacial score (nSPS) is 12.6. The van der Waals surface area contributed by atoms with Crippen LogP contribution in [-0.2, 0) is 28.8 Å². The van der Waals surface area contributed by atoms with Gasteiger partial charge in [-0.2, -0.15) is 0 Å². The minimum absolute atomic E-state index is 0.300. The number of thiazole rings is 1. The Kier molecular flexibility index (Phi) is 8.21. The number of carbonyl (C=O) groups excluding carboxylic acids is 2. The number of amides is 2. The topological polar surface area (TPSA) is 106 Å². The number of rotatable bonds is 9. The molecule has 0 aliphatic carbocycles. The van der Waals surface area contributed by atoms with Crippen molar-refractivity contribution in [3.8, 4) is 0 Å². The minimum atomic E-state index is -0.789. The molecule has 168 valence electrons. The maximum Gasteiger partial charge on any atom is 0.407 e. The third kappa shape index (κ3) is 6.55. The average Bonchev–Trinajstić information content (AvgIpc) is 3.29. The van der Waals surface area contributed by atoms with Crippen LogP contribution in [0.2, 0.25) is 0 Å². The van der Waals surface area contributed by atoms with E-state index in [-0.39, 0.29) is 11.9 Å². The predicted molar refractivity (Wildman–Crippen MR) is 126 cm³/mol. The Morgan fingerprint density at radius 2 is 1.72 bits per heavy atom. The van der Waals surface area contributed by atoms with Crippen molar-refractivity contribution in [3.05, 3.63) is 81.8 Å². The molecule has 1 aromatic heterocycles. The van der Waals surface area contributed by atoms with Crippen LogP contribution in [0.25, 0.3) is 0 Å². The van der Waals surface area contributed by atoms with Crippen molar-refractivity contribution in [2.75, 3.05) is 12.8 Å². The summed E-state index contributed by atoms with van der Waals surface area (Å²) >= 11 is 1.57. The van der Waals surface area contributed by atoms with Gasteiger partial charge < -0.3 is 21.1 Å². The summed E-state index contributed by atoms with van der Waals surface area (Å²) in [5.74, 6) is -0.300. The van der Waals surface area contributed by atoms with Crippen molar-refractivity contribution in [2.45, 2.75) is 38.3 Å². The number of nitrogens with two attached hydrogens (primary N) is 1. The Hall–Kier alpha value is -3.39. The van der Waals surface area contributed by atoms with Crippen LogP contribution in [0.1, 0.15) is 34.8 Å². The molecule has 4 N–H and O–H groups in total. The number of nitrogens with one attached hydrogen (secondary N) is 2. The molecular formula is C24H28N4O3S. The quantitative estimate of drug-likeness (QED) is 0.430. The lowest BCUT2D eigenvalue weighted by Crippen LogP contribution is -2.49. The predicted octanol–water partition coefficient (Wildman–Crippen LogP) is 3.66. The van der Waals surface area contributed by atoms with E-state index < -0.39 is 12.1 Å². The van der Waals surface area contributed by atoms with Crippen LogP contribution >= 0.6 is 11.3 Å². The van der Waals surface area contributed by atoms with Crippen molar-refractivity contribution in [1.29, 1.82) is 0 Å². The summed E-state index contributed by atoms with van der Waals surface area (Å²) in [6.45, 7) is 2.05. The van der Waals surface area contributed by atoms with Gasteiger partial charge in [0, 0.05) is 17.5 Å². The standard InChI is InChI=1S/C24H28N4O3S/c1-3-22-26-21(15-32-22)19(13-17-9-11-18(25)12-10-17)27-23(29)20(28-24(30)31-2)14-16-7-5-4-6-8-16/h4-12,15,19-20H,3,13-14,25H2,1-2H3,(H,27,29)(H,28,30)/t19?,20-/m0/s1. The molecule has 0 fully saturated rings. The van der Waals surface area contributed by atoms with E-state index in [1.54, 1.807) is 11.3 Å². The highest BCUT2D eigenvalue weighted by atomic mass is 32.1. The van der Waals surface area contributed by atoms with E-state index in [1.165, 1.54) is 7.11 Å². The van der Waals surface area contributed by atoms with Gasteiger partial charge in [-0.05, 0) is 36.1 Å². The van der Waals surface area contributed by atoms with Crippen LogP contribution in [0.15, 0.2) is 60.0 Å². The third-order valence-electron chi connectivity index (χ3n) is 5.04. The second-order valence-corrected chi connectivity index (χ2v) is 8.35. The number of alkyl carbamates (subject to hydrolysis) is 1. The van der Waals surface area contributed by atoms with Crippen LogP contribution in [0, 0.1) is 0 Å². The average molecular weight is 453 g/mol. The molecule has 1 unspecified atom stereocenters. The lowest BCUT2D eigenvalue weighted by atomic mass is 10.0. The van der Waals surface area contributed by atoms with Crippen LogP contribution in [0.4, 0.5) is 10.5 Å². The van der Waals surface area contributed by atoms with Crippen LogP contribution < -0.4 is 16.4 Å². The highest BCUT2D eigenvalue weighted by Gasteiger charge is 2.26. The van der Waals surface area contributed by atoms with E-state index in [9.17, 15) is 9.59 Å². The largest absolute Gasteiger partial charge is 0.453 e. The summed E-state index contributed by atoms with van der Waals surface area (Å²) < 4.78 is 4.73. The maximum absolute atomic E-state index is 13.3. The number of methoxy groups -OCH3 is 1. The zero-order chi connectivity index (χ0) is 22.9. The Morgan fingerprint density at radius 3 is 2.34 bits per heavy atom. The van der Waals surface area contributed by atoms with Gasteiger partial charge in [-0.15, -0.1) is 11.3 Å². The monoisotopic (exact) mass is 452 g/mol. The molecule has 0 aliphatic rings. The lowest BCUT2D eigenvalue weighted by molar-refractivity contribution is -0.123. The van der Waals surface area contributed by atoms with Crippen molar-refractivity contribution in [1.82, 2.24) is 15.6 Å². The minimum Gasteiger partial charge on any atom is -0.453 e. The summed E-state index contributed by atoms with van der Waals surface area (Å²) in [6.07, 6.45) is 1.06. The smallest absolute Gasteiger partial charge is 0.407 e. The van der Waals surface area contributed by atoms with Gasteiger partial charge >= 0.3 is 6.09 Å². The molecule has 1 heterocycles. The van der Waals surface area contributed by atoms with Gasteiger partial charge in [0.05, 0.1) is 23.9 Å². The summed E-state index contributed by atoms with van der Waals surface area (Å²) in [6, 6.07) is 15.9. The maximum atomic E-state index is 13.3. The summed E-state index contributed by atoms with van der Waals surface area (Å²) in [4.78, 5) is 29.9. The van der Waals surface area contributed by atoms with Crippen molar-refractivity contribution >= 4 is 29.0 Å². The first kappa shape index (κ1) is 23.3. The van der Waals surface area contributed by atoms with Crippen LogP contribution in [0.5, 0.6) is 0 Å². The first-order chi connectivity index (χ1) is 15.5. The fourth-order valence-corrected chi connectivity index (χ4v) is 4.10. The molecule has 0 aliphatic heterocycles. The number of anilines is 1. The van der Waals surface area contributed by atoms with E-state index in [2.05, 4.69) is 15.6 Å². The number of ether oxygens (including phenoxy) is 1. The van der Waals surface area contributed by atoms with Gasteiger partial charge in [0.25, 0.3) is 0 Å². The molecular weight excluding hydrogens is 424 g/mol. The Labute approximate surface area is 192 Å². The van der Waals surface area contributed by atoms with E-state index in [0.717, 1.165) is 28.2 Å². The summed E-state index contributed by atoms with van der Waals surface area (Å²) in [7, 11) is 1.28. The second-order valence-electron chi connectivity index (χ2n) is 7.40. The molecule has 8 heteroatoms. The molecule has 2 atom stereocenters. The van der Waals surface area contributed by atoms with Crippen molar-refractivity contribution in [3.63, 3.8) is 0 Å². The number of hydrogen-bond donors (Lipinski definition) is 3. The molecule has 0 saturated heterocycles. The van der Waals surface area contributed by atoms with E-state index in [1.807, 2.05) is 66.9 Å². The van der Waals surface area contributed by atoms with E-state index in [4.69, 9.17) is 10.5 Å². The number of hydrogen-bond acceptors (Lipinski definition) is 6. The molecule has 0 bridgehead atoms. The molecule has 0 saturated carbocycles. The lowest BCUT2D eigenvalue weighted by Gasteiger charge is -2.23. The van der Waals surface area contributed by atoms with Crippen LogP contribution in [0.3, 0.4) is 0 Å². The fraction of sp³-hybridized carbons (Fsp3) is 0.292. The molecule has 0 spiro atoms. The van der Waals surface area contributed by atoms with E-state index >= 15 is 0 Å². The van der Waals surface area contributed by atoms with Gasteiger partial charge in [0.15, 0.2) is 0 Å².